The van der Waals surface area contributed by atoms with E-state index in [-0.39, 0.29) is 4.91 Å². The third-order valence-corrected chi connectivity index (χ3v) is 4.36. The van der Waals surface area contributed by atoms with Crippen molar-refractivity contribution in [2.75, 3.05) is 7.11 Å². The number of hydrogen-bond acceptors (Lipinski definition) is 6. The first-order valence-electron chi connectivity index (χ1n) is 7.02. The molecule has 0 saturated carbocycles. The third-order valence-electron chi connectivity index (χ3n) is 3.55. The molecule has 0 aliphatic carbocycles. The first-order valence-corrected chi connectivity index (χ1v) is 7.84. The molecule has 1 aliphatic heterocycles. The molecule has 6 nitrogen and oxygen atoms in total. The van der Waals surface area contributed by atoms with Crippen LogP contribution in [0.25, 0.3) is 17.4 Å². The lowest BCUT2D eigenvalue weighted by atomic mass is 10.0. The quantitative estimate of drug-likeness (QED) is 0.679. The summed E-state index contributed by atoms with van der Waals surface area (Å²) in [5.41, 5.74) is 1.95. The Balaban J connectivity index is 1.94. The molecule has 1 fully saturated rings. The number of carbonyl (C=O) groups is 3. The Hall–Kier alpha value is -2.80. The summed E-state index contributed by atoms with van der Waals surface area (Å²) in [5.74, 6) is 0.146. The van der Waals surface area contributed by atoms with E-state index in [1.807, 2.05) is 6.07 Å². The molecule has 24 heavy (non-hydrogen) atoms. The highest BCUT2D eigenvalue weighted by molar-refractivity contribution is 8.18. The van der Waals surface area contributed by atoms with Crippen LogP contribution >= 0.6 is 11.8 Å². The number of furan rings is 1. The first-order chi connectivity index (χ1) is 11.5. The van der Waals surface area contributed by atoms with E-state index < -0.39 is 17.1 Å². The van der Waals surface area contributed by atoms with E-state index in [9.17, 15) is 14.4 Å². The molecular weight excluding hydrogens is 330 g/mol. The molecule has 0 atom stereocenters. The fourth-order valence-electron chi connectivity index (χ4n) is 2.36. The lowest BCUT2D eigenvalue weighted by Gasteiger charge is -2.07. The van der Waals surface area contributed by atoms with Gasteiger partial charge in [-0.05, 0) is 42.4 Å². The molecule has 0 bridgehead atoms. The first kappa shape index (κ1) is 16.1. The normalized spacial score (nSPS) is 15.7. The number of rotatable bonds is 3. The molecule has 0 radical (unpaired) electrons. The second kappa shape index (κ2) is 6.37. The van der Waals surface area contributed by atoms with Crippen molar-refractivity contribution < 1.29 is 23.5 Å². The van der Waals surface area contributed by atoms with Crippen LogP contribution in [0.15, 0.2) is 39.7 Å². The Morgan fingerprint density at radius 2 is 2.04 bits per heavy atom. The molecule has 1 aromatic heterocycles. The number of methoxy groups -OCH3 is 1. The van der Waals surface area contributed by atoms with Crippen LogP contribution in [-0.4, -0.2) is 24.2 Å². The molecule has 0 spiro atoms. The zero-order chi connectivity index (χ0) is 17.3. The van der Waals surface area contributed by atoms with Crippen LogP contribution in [0.5, 0.6) is 0 Å². The van der Waals surface area contributed by atoms with Crippen molar-refractivity contribution in [1.82, 2.24) is 5.32 Å². The highest BCUT2D eigenvalue weighted by Gasteiger charge is 2.25. The van der Waals surface area contributed by atoms with Gasteiger partial charge in [0.05, 0.1) is 17.6 Å². The largest absolute Gasteiger partial charge is 0.465 e. The number of esters is 1. The third kappa shape index (κ3) is 2.98. The van der Waals surface area contributed by atoms with Crippen LogP contribution in [0.1, 0.15) is 21.7 Å². The standard InChI is InChI=1S/C17H13NO5S/c1-9-11(4-3-5-12(9)16(20)22-2)13-7-6-10(23-13)8-14-15(19)18-17(21)24-14/h3-8H,1-2H3,(H,18,19,21)/b14-8-. The summed E-state index contributed by atoms with van der Waals surface area (Å²) in [6, 6.07) is 8.70. The van der Waals surface area contributed by atoms with E-state index in [1.54, 1.807) is 31.2 Å². The van der Waals surface area contributed by atoms with Gasteiger partial charge in [-0.25, -0.2) is 4.79 Å². The van der Waals surface area contributed by atoms with Crippen LogP contribution < -0.4 is 5.32 Å². The van der Waals surface area contributed by atoms with Gasteiger partial charge in [-0.1, -0.05) is 12.1 Å². The lowest BCUT2D eigenvalue weighted by Crippen LogP contribution is -2.17. The summed E-state index contributed by atoms with van der Waals surface area (Å²) in [6.07, 6.45) is 1.51. The summed E-state index contributed by atoms with van der Waals surface area (Å²) in [6.45, 7) is 1.81. The van der Waals surface area contributed by atoms with Crippen molar-refractivity contribution in [3.8, 4) is 11.3 Å². The number of ether oxygens (including phenoxy) is 1. The topological polar surface area (TPSA) is 85.6 Å². The minimum atomic E-state index is -0.438. The van der Waals surface area contributed by atoms with E-state index in [2.05, 4.69) is 5.32 Å². The molecule has 1 aromatic carbocycles. The van der Waals surface area contributed by atoms with Crippen molar-refractivity contribution in [1.29, 1.82) is 0 Å². The van der Waals surface area contributed by atoms with Gasteiger partial charge in [-0.3, -0.25) is 14.9 Å². The van der Waals surface area contributed by atoms with Crippen LogP contribution in [0.4, 0.5) is 4.79 Å². The fourth-order valence-corrected chi connectivity index (χ4v) is 3.02. The minimum absolute atomic E-state index is 0.279. The maximum absolute atomic E-state index is 11.8. The summed E-state index contributed by atoms with van der Waals surface area (Å²) in [5, 5.41) is 1.78. The predicted molar refractivity (Wildman–Crippen MR) is 89.3 cm³/mol. The Kier molecular flexibility index (Phi) is 4.26. The van der Waals surface area contributed by atoms with Gasteiger partial charge in [-0.2, -0.15) is 0 Å². The van der Waals surface area contributed by atoms with E-state index in [1.165, 1.54) is 13.2 Å². The minimum Gasteiger partial charge on any atom is -0.465 e. The fraction of sp³-hybridized carbons (Fsp3) is 0.118. The van der Waals surface area contributed by atoms with Gasteiger partial charge in [0.15, 0.2) is 0 Å². The average Bonchev–Trinajstić information content (AvgIpc) is 3.14. The zero-order valence-electron chi connectivity index (χ0n) is 12.9. The molecule has 2 heterocycles. The van der Waals surface area contributed by atoms with Crippen molar-refractivity contribution in [2.24, 2.45) is 0 Å². The number of hydrogen-bond donors (Lipinski definition) is 1. The smallest absolute Gasteiger partial charge is 0.338 e. The number of benzene rings is 1. The van der Waals surface area contributed by atoms with Gasteiger partial charge in [0.25, 0.3) is 11.1 Å². The molecule has 1 N–H and O–H groups in total. The monoisotopic (exact) mass is 343 g/mol. The summed E-state index contributed by atoms with van der Waals surface area (Å²) in [4.78, 5) is 34.8. The van der Waals surface area contributed by atoms with Gasteiger partial charge in [0.2, 0.25) is 0 Å². The van der Waals surface area contributed by atoms with Gasteiger partial charge in [0.1, 0.15) is 11.5 Å². The number of thioether (sulfide) groups is 1. The van der Waals surface area contributed by atoms with Crippen molar-refractivity contribution >= 4 is 35.0 Å². The molecule has 3 rings (SSSR count). The second-order valence-corrected chi connectivity index (χ2v) is 6.04. The summed E-state index contributed by atoms with van der Waals surface area (Å²) in [7, 11) is 1.33. The van der Waals surface area contributed by atoms with Gasteiger partial charge >= 0.3 is 5.97 Å². The van der Waals surface area contributed by atoms with Crippen LogP contribution in [0.3, 0.4) is 0 Å². The van der Waals surface area contributed by atoms with Crippen molar-refractivity contribution in [3.63, 3.8) is 0 Å². The van der Waals surface area contributed by atoms with E-state index >= 15 is 0 Å². The van der Waals surface area contributed by atoms with E-state index in [0.29, 0.717) is 17.1 Å². The number of nitrogens with one attached hydrogen (secondary N) is 1. The highest BCUT2D eigenvalue weighted by Crippen LogP contribution is 2.30. The van der Waals surface area contributed by atoms with E-state index in [4.69, 9.17) is 9.15 Å². The Morgan fingerprint density at radius 3 is 2.71 bits per heavy atom. The molecule has 7 heteroatoms. The lowest BCUT2D eigenvalue weighted by molar-refractivity contribution is -0.115. The van der Waals surface area contributed by atoms with Crippen LogP contribution in [0, 0.1) is 6.92 Å². The summed E-state index contributed by atoms with van der Waals surface area (Å²) < 4.78 is 10.5. The van der Waals surface area contributed by atoms with Gasteiger partial charge < -0.3 is 9.15 Å². The predicted octanol–water partition coefficient (Wildman–Crippen LogP) is 3.37. The van der Waals surface area contributed by atoms with E-state index in [0.717, 1.165) is 22.9 Å². The number of carbonyl (C=O) groups excluding carboxylic acids is 3. The second-order valence-electron chi connectivity index (χ2n) is 5.02. The molecule has 1 saturated heterocycles. The van der Waals surface area contributed by atoms with Gasteiger partial charge in [0, 0.05) is 11.6 Å². The summed E-state index contributed by atoms with van der Waals surface area (Å²) >= 11 is 0.826. The Labute approximate surface area is 141 Å². The SMILES string of the molecule is COC(=O)c1cccc(-c2ccc(/C=C3\SC(=O)NC3=O)o2)c1C. The van der Waals surface area contributed by atoms with Crippen molar-refractivity contribution in [2.45, 2.75) is 6.92 Å². The maximum atomic E-state index is 11.8. The van der Waals surface area contributed by atoms with Crippen molar-refractivity contribution in [3.05, 3.63) is 52.1 Å². The van der Waals surface area contributed by atoms with Crippen LogP contribution in [-0.2, 0) is 9.53 Å². The molecule has 2 aromatic rings. The number of amides is 2. The highest BCUT2D eigenvalue weighted by atomic mass is 32.2. The Morgan fingerprint density at radius 1 is 1.25 bits per heavy atom. The maximum Gasteiger partial charge on any atom is 0.338 e. The molecule has 0 unspecified atom stereocenters. The molecule has 1 aliphatic rings. The Bertz CT molecular complexity index is 881. The van der Waals surface area contributed by atoms with Gasteiger partial charge in [-0.15, -0.1) is 0 Å². The molecular formula is C17H13NO5S. The van der Waals surface area contributed by atoms with Crippen LogP contribution in [0.2, 0.25) is 0 Å². The number of imide groups is 1. The average molecular weight is 343 g/mol. The molecule has 2 amide bonds. The zero-order valence-corrected chi connectivity index (χ0v) is 13.7. The molecule has 122 valence electrons.